The van der Waals surface area contributed by atoms with Crippen molar-refractivity contribution in [1.29, 1.82) is 0 Å². The van der Waals surface area contributed by atoms with E-state index in [1.54, 1.807) is 0 Å². The van der Waals surface area contributed by atoms with E-state index in [1.165, 1.54) is 6.42 Å². The Bertz CT molecular complexity index is 874. The molecule has 2 aliphatic rings. The number of aromatic nitrogens is 2. The van der Waals surface area contributed by atoms with E-state index in [2.05, 4.69) is 23.4 Å². The van der Waals surface area contributed by atoms with E-state index in [4.69, 9.17) is 0 Å². The number of imidazole rings is 1. The number of piperazine rings is 1. The monoisotopic (exact) mass is 368 g/mol. The van der Waals surface area contributed by atoms with Crippen LogP contribution in [0.2, 0.25) is 0 Å². The fourth-order valence-electron chi connectivity index (χ4n) is 4.23. The molecule has 0 unspecified atom stereocenters. The Labute approximate surface area is 160 Å². The highest BCUT2D eigenvalue weighted by Gasteiger charge is 2.32. The summed E-state index contributed by atoms with van der Waals surface area (Å²) < 4.78 is 2.19. The fourth-order valence-corrected chi connectivity index (χ4v) is 4.23. The summed E-state index contributed by atoms with van der Waals surface area (Å²) in [5.41, 5.74) is 2.61. The summed E-state index contributed by atoms with van der Waals surface area (Å²) in [5, 5.41) is 0. The van der Waals surface area contributed by atoms with Crippen molar-refractivity contribution in [2.24, 2.45) is 5.92 Å². The van der Waals surface area contributed by atoms with Crippen molar-refractivity contribution in [3.05, 3.63) is 29.6 Å². The van der Waals surface area contributed by atoms with Gasteiger partial charge >= 0.3 is 0 Å². The second kappa shape index (κ2) is 6.98. The van der Waals surface area contributed by atoms with Gasteiger partial charge in [-0.1, -0.05) is 6.42 Å². The van der Waals surface area contributed by atoms with Gasteiger partial charge in [-0.2, -0.15) is 0 Å². The largest absolute Gasteiger partial charge is 0.339 e. The Morgan fingerprint density at radius 1 is 1.07 bits per heavy atom. The summed E-state index contributed by atoms with van der Waals surface area (Å²) in [6.07, 6.45) is 3.23. The van der Waals surface area contributed by atoms with Gasteiger partial charge in [-0.05, 0) is 51.8 Å². The number of carbonyl (C=O) groups is 2. The normalized spacial score (nSPS) is 18.2. The first kappa shape index (κ1) is 18.0. The van der Waals surface area contributed by atoms with Crippen LogP contribution in [0.5, 0.6) is 0 Å². The van der Waals surface area contributed by atoms with Crippen molar-refractivity contribution in [2.75, 3.05) is 26.2 Å². The van der Waals surface area contributed by atoms with Gasteiger partial charge in [0.15, 0.2) is 0 Å². The van der Waals surface area contributed by atoms with E-state index in [-0.39, 0.29) is 17.7 Å². The van der Waals surface area contributed by atoms with Crippen LogP contribution >= 0.6 is 0 Å². The maximum atomic E-state index is 12.9. The molecule has 1 aliphatic carbocycles. The molecule has 1 aromatic carbocycles. The molecule has 0 bridgehead atoms. The second-order valence-corrected chi connectivity index (χ2v) is 8.07. The number of hydrogen-bond donors (Lipinski definition) is 0. The van der Waals surface area contributed by atoms with Crippen LogP contribution in [0.1, 0.15) is 55.3 Å². The second-order valence-electron chi connectivity index (χ2n) is 8.07. The van der Waals surface area contributed by atoms with Gasteiger partial charge in [0.25, 0.3) is 5.91 Å². The summed E-state index contributed by atoms with van der Waals surface area (Å²) in [7, 11) is 0. The molecule has 144 valence electrons. The molecule has 27 heavy (non-hydrogen) atoms. The van der Waals surface area contributed by atoms with Crippen LogP contribution in [-0.4, -0.2) is 57.3 Å². The van der Waals surface area contributed by atoms with Gasteiger partial charge in [0.05, 0.1) is 11.0 Å². The molecule has 0 atom stereocenters. The Morgan fingerprint density at radius 3 is 2.33 bits per heavy atom. The van der Waals surface area contributed by atoms with Crippen molar-refractivity contribution in [3.63, 3.8) is 0 Å². The lowest BCUT2D eigenvalue weighted by Gasteiger charge is -2.38. The SMILES string of the molecule is Cc1nc2cc(C(=O)N3CCN(C(=O)C4CCC4)CC3)ccc2n1C(C)C. The van der Waals surface area contributed by atoms with Crippen molar-refractivity contribution < 1.29 is 9.59 Å². The first-order valence-electron chi connectivity index (χ1n) is 10.0. The van der Waals surface area contributed by atoms with Gasteiger partial charge in [-0.25, -0.2) is 4.98 Å². The van der Waals surface area contributed by atoms with E-state index in [0.29, 0.717) is 37.8 Å². The van der Waals surface area contributed by atoms with Crippen molar-refractivity contribution in [2.45, 2.75) is 46.1 Å². The molecular formula is C21H28N4O2. The topological polar surface area (TPSA) is 58.4 Å². The predicted molar refractivity (Wildman–Crippen MR) is 105 cm³/mol. The van der Waals surface area contributed by atoms with Gasteiger partial charge in [-0.3, -0.25) is 9.59 Å². The molecule has 1 saturated carbocycles. The Balaban J connectivity index is 1.46. The predicted octanol–water partition coefficient (Wildman–Crippen LogP) is 3.01. The number of aryl methyl sites for hydroxylation is 1. The smallest absolute Gasteiger partial charge is 0.254 e. The van der Waals surface area contributed by atoms with Crippen LogP contribution < -0.4 is 0 Å². The molecule has 1 aromatic heterocycles. The molecule has 1 aliphatic heterocycles. The zero-order valence-electron chi connectivity index (χ0n) is 16.4. The molecule has 1 saturated heterocycles. The average molecular weight is 368 g/mol. The lowest BCUT2D eigenvalue weighted by Crippen LogP contribution is -2.52. The summed E-state index contributed by atoms with van der Waals surface area (Å²) in [4.78, 5) is 33.7. The van der Waals surface area contributed by atoms with E-state index >= 15 is 0 Å². The van der Waals surface area contributed by atoms with Crippen LogP contribution in [0, 0.1) is 12.8 Å². The van der Waals surface area contributed by atoms with E-state index in [0.717, 1.165) is 29.7 Å². The third-order valence-corrected chi connectivity index (χ3v) is 5.96. The molecule has 2 heterocycles. The lowest BCUT2D eigenvalue weighted by molar-refractivity contribution is -0.139. The Kier molecular flexibility index (Phi) is 4.66. The van der Waals surface area contributed by atoms with Gasteiger partial charge in [-0.15, -0.1) is 0 Å². The number of carbonyl (C=O) groups excluding carboxylic acids is 2. The van der Waals surface area contributed by atoms with Crippen LogP contribution in [0.3, 0.4) is 0 Å². The van der Waals surface area contributed by atoms with Crippen LogP contribution in [-0.2, 0) is 4.79 Å². The highest BCUT2D eigenvalue weighted by Crippen LogP contribution is 2.29. The third-order valence-electron chi connectivity index (χ3n) is 5.96. The Hall–Kier alpha value is -2.37. The molecule has 0 radical (unpaired) electrons. The molecule has 4 rings (SSSR count). The zero-order chi connectivity index (χ0) is 19.1. The summed E-state index contributed by atoms with van der Waals surface area (Å²) in [6, 6.07) is 6.13. The summed E-state index contributed by atoms with van der Waals surface area (Å²) in [5.74, 6) is 1.51. The van der Waals surface area contributed by atoms with Crippen molar-refractivity contribution in [3.8, 4) is 0 Å². The average Bonchev–Trinajstić information content (AvgIpc) is 2.94. The molecule has 2 amide bonds. The van der Waals surface area contributed by atoms with Gasteiger partial charge in [0, 0.05) is 43.7 Å². The van der Waals surface area contributed by atoms with E-state index in [9.17, 15) is 9.59 Å². The maximum absolute atomic E-state index is 12.9. The number of rotatable bonds is 3. The first-order chi connectivity index (χ1) is 13.0. The molecule has 6 nitrogen and oxygen atoms in total. The van der Waals surface area contributed by atoms with Crippen LogP contribution in [0.25, 0.3) is 11.0 Å². The quantitative estimate of drug-likeness (QED) is 0.837. The maximum Gasteiger partial charge on any atom is 0.254 e. The number of hydrogen-bond acceptors (Lipinski definition) is 3. The zero-order valence-corrected chi connectivity index (χ0v) is 16.4. The third kappa shape index (κ3) is 3.22. The highest BCUT2D eigenvalue weighted by atomic mass is 16.2. The van der Waals surface area contributed by atoms with Gasteiger partial charge in [0.2, 0.25) is 5.91 Å². The Morgan fingerprint density at radius 2 is 1.74 bits per heavy atom. The summed E-state index contributed by atoms with van der Waals surface area (Å²) >= 11 is 0. The minimum absolute atomic E-state index is 0.0318. The van der Waals surface area contributed by atoms with Crippen molar-refractivity contribution >= 4 is 22.8 Å². The number of nitrogens with zero attached hydrogens (tertiary/aromatic N) is 4. The number of amides is 2. The summed E-state index contributed by atoms with van der Waals surface area (Å²) in [6.45, 7) is 8.77. The van der Waals surface area contributed by atoms with Crippen LogP contribution in [0.15, 0.2) is 18.2 Å². The van der Waals surface area contributed by atoms with E-state index in [1.807, 2.05) is 34.9 Å². The van der Waals surface area contributed by atoms with Gasteiger partial charge in [0.1, 0.15) is 5.82 Å². The number of benzene rings is 1. The lowest BCUT2D eigenvalue weighted by atomic mass is 9.84. The van der Waals surface area contributed by atoms with Crippen LogP contribution in [0.4, 0.5) is 0 Å². The fraction of sp³-hybridized carbons (Fsp3) is 0.571. The standard InChI is InChI=1S/C21H28N4O2/c1-14(2)25-15(3)22-18-13-17(7-8-19(18)25)21(27)24-11-9-23(10-12-24)20(26)16-5-4-6-16/h7-8,13-14,16H,4-6,9-12H2,1-3H3. The van der Waals surface area contributed by atoms with E-state index < -0.39 is 0 Å². The first-order valence-corrected chi connectivity index (χ1v) is 10.0. The minimum Gasteiger partial charge on any atom is -0.339 e. The number of fused-ring (bicyclic) bond motifs is 1. The minimum atomic E-state index is 0.0318. The molecule has 2 aromatic rings. The molecule has 0 spiro atoms. The molecular weight excluding hydrogens is 340 g/mol. The molecule has 0 N–H and O–H groups in total. The van der Waals surface area contributed by atoms with Crippen molar-refractivity contribution in [1.82, 2.24) is 19.4 Å². The molecule has 2 fully saturated rings. The molecule has 6 heteroatoms. The van der Waals surface area contributed by atoms with Gasteiger partial charge < -0.3 is 14.4 Å². The highest BCUT2D eigenvalue weighted by molar-refractivity contribution is 5.97.